The number of ether oxygens (including phenoxy) is 2. The highest BCUT2D eigenvalue weighted by Crippen LogP contribution is 2.14. The Morgan fingerprint density at radius 3 is 2.29 bits per heavy atom. The van der Waals surface area contributed by atoms with Crippen molar-refractivity contribution >= 4 is 29.3 Å². The molecule has 170 valence electrons. The van der Waals surface area contributed by atoms with E-state index in [2.05, 4.69) is 10.6 Å². The van der Waals surface area contributed by atoms with Gasteiger partial charge in [0, 0.05) is 38.0 Å². The van der Waals surface area contributed by atoms with Crippen LogP contribution in [0.15, 0.2) is 24.3 Å². The van der Waals surface area contributed by atoms with Crippen molar-refractivity contribution in [3.05, 3.63) is 29.8 Å². The molecule has 1 aliphatic heterocycles. The van der Waals surface area contributed by atoms with Gasteiger partial charge in [-0.25, -0.2) is 0 Å². The molecule has 1 fully saturated rings. The van der Waals surface area contributed by atoms with Crippen LogP contribution in [0.1, 0.15) is 38.2 Å². The van der Waals surface area contributed by atoms with Gasteiger partial charge in [-0.05, 0) is 24.1 Å². The Morgan fingerprint density at radius 1 is 0.968 bits per heavy atom. The third-order valence-electron chi connectivity index (χ3n) is 4.75. The van der Waals surface area contributed by atoms with Crippen LogP contribution in [0.3, 0.4) is 0 Å². The highest BCUT2D eigenvalue weighted by atomic mass is 16.5. The molecule has 2 rings (SSSR count). The number of hydrogen-bond donors (Lipinski definition) is 2. The number of aryl methyl sites for hydroxylation is 1. The molecular weight excluding hydrogens is 402 g/mol. The Morgan fingerprint density at radius 2 is 1.68 bits per heavy atom. The molecule has 0 radical (unpaired) electrons. The highest BCUT2D eigenvalue weighted by molar-refractivity contribution is 5.99. The van der Waals surface area contributed by atoms with Crippen LogP contribution in [0, 0.1) is 0 Å². The number of carbonyl (C=O) groups excluding carboxylic acids is 4. The van der Waals surface area contributed by atoms with Crippen molar-refractivity contribution in [2.24, 2.45) is 0 Å². The van der Waals surface area contributed by atoms with Gasteiger partial charge in [0.25, 0.3) is 0 Å². The molecule has 1 heterocycles. The first-order valence-corrected chi connectivity index (χ1v) is 10.6. The fourth-order valence-corrected chi connectivity index (χ4v) is 2.82. The second kappa shape index (κ2) is 13.5. The van der Waals surface area contributed by atoms with E-state index in [4.69, 9.17) is 9.47 Å². The number of imide groups is 1. The van der Waals surface area contributed by atoms with Gasteiger partial charge < -0.3 is 20.1 Å². The van der Waals surface area contributed by atoms with Crippen LogP contribution in [0.2, 0.25) is 0 Å². The number of hydrogen-bond acceptors (Lipinski definition) is 6. The SMILES string of the molecule is CCC(=O)NCCOCCOCCC(=O)Nc1ccc(CCC(=O)N2CCC2=O)cc1. The summed E-state index contributed by atoms with van der Waals surface area (Å²) in [5.41, 5.74) is 1.65. The molecule has 2 N–H and O–H groups in total. The summed E-state index contributed by atoms with van der Waals surface area (Å²) in [5.74, 6) is -0.392. The summed E-state index contributed by atoms with van der Waals surface area (Å²) in [7, 11) is 0. The number of benzene rings is 1. The maximum absolute atomic E-state index is 12.0. The van der Waals surface area contributed by atoms with Gasteiger partial charge >= 0.3 is 0 Å². The predicted molar refractivity (Wildman–Crippen MR) is 114 cm³/mol. The Labute approximate surface area is 182 Å². The van der Waals surface area contributed by atoms with Gasteiger partial charge in [0.05, 0.1) is 32.8 Å². The van der Waals surface area contributed by atoms with Gasteiger partial charge in [0.1, 0.15) is 0 Å². The largest absolute Gasteiger partial charge is 0.379 e. The van der Waals surface area contributed by atoms with Gasteiger partial charge in [0.2, 0.25) is 23.6 Å². The standard InChI is InChI=1S/C22H31N3O6/c1-2-19(26)23-11-14-31-16-15-30-13-10-20(27)24-18-6-3-17(4-7-18)5-8-21(28)25-12-9-22(25)29/h3-4,6-7H,2,5,8-16H2,1H3,(H,23,26)(H,24,27). The second-order valence-corrected chi connectivity index (χ2v) is 7.11. The lowest BCUT2D eigenvalue weighted by atomic mass is 10.1. The predicted octanol–water partition coefficient (Wildman–Crippen LogP) is 1.27. The summed E-state index contributed by atoms with van der Waals surface area (Å²) in [5, 5.41) is 5.51. The normalized spacial score (nSPS) is 12.9. The Bertz CT molecular complexity index is 750. The number of likely N-dealkylation sites (tertiary alicyclic amines) is 1. The van der Waals surface area contributed by atoms with E-state index < -0.39 is 0 Å². The molecule has 0 atom stereocenters. The zero-order valence-corrected chi connectivity index (χ0v) is 18.0. The lowest BCUT2D eigenvalue weighted by Gasteiger charge is -2.28. The van der Waals surface area contributed by atoms with Crippen molar-refractivity contribution < 1.29 is 28.7 Å². The average molecular weight is 434 g/mol. The number of amides is 4. The summed E-state index contributed by atoms with van der Waals surface area (Å²) in [6.07, 6.45) is 1.99. The minimum absolute atomic E-state index is 0.00422. The van der Waals surface area contributed by atoms with E-state index >= 15 is 0 Å². The lowest BCUT2D eigenvalue weighted by molar-refractivity contribution is -0.152. The molecule has 9 heteroatoms. The van der Waals surface area contributed by atoms with Crippen LogP contribution in [0.25, 0.3) is 0 Å². The fraction of sp³-hybridized carbons (Fsp3) is 0.545. The summed E-state index contributed by atoms with van der Waals surface area (Å²) in [6.45, 7) is 4.29. The molecule has 1 aromatic rings. The maximum Gasteiger partial charge on any atom is 0.230 e. The van der Waals surface area contributed by atoms with Crippen molar-refractivity contribution in [3.63, 3.8) is 0 Å². The van der Waals surface area contributed by atoms with E-state index in [1.165, 1.54) is 4.90 Å². The van der Waals surface area contributed by atoms with Gasteiger partial charge in [-0.2, -0.15) is 0 Å². The van der Waals surface area contributed by atoms with Crippen LogP contribution in [-0.2, 0) is 35.1 Å². The minimum Gasteiger partial charge on any atom is -0.379 e. The Kier molecular flexibility index (Phi) is 10.7. The van der Waals surface area contributed by atoms with E-state index in [-0.39, 0.29) is 36.7 Å². The molecule has 4 amide bonds. The quantitative estimate of drug-likeness (QED) is 0.337. The van der Waals surface area contributed by atoms with Crippen LogP contribution < -0.4 is 10.6 Å². The zero-order valence-electron chi connectivity index (χ0n) is 18.0. The smallest absolute Gasteiger partial charge is 0.230 e. The van der Waals surface area contributed by atoms with Crippen molar-refractivity contribution in [2.75, 3.05) is 44.8 Å². The van der Waals surface area contributed by atoms with Crippen molar-refractivity contribution in [1.82, 2.24) is 10.2 Å². The van der Waals surface area contributed by atoms with E-state index in [0.29, 0.717) is 64.3 Å². The van der Waals surface area contributed by atoms with Crippen LogP contribution in [0.4, 0.5) is 5.69 Å². The van der Waals surface area contributed by atoms with Crippen LogP contribution in [-0.4, -0.2) is 68.0 Å². The van der Waals surface area contributed by atoms with Crippen LogP contribution in [0.5, 0.6) is 0 Å². The fourth-order valence-electron chi connectivity index (χ4n) is 2.82. The van der Waals surface area contributed by atoms with E-state index in [1.54, 1.807) is 19.1 Å². The Balaban J connectivity index is 1.51. The molecule has 31 heavy (non-hydrogen) atoms. The van der Waals surface area contributed by atoms with Gasteiger partial charge in [-0.3, -0.25) is 24.1 Å². The van der Waals surface area contributed by atoms with Crippen molar-refractivity contribution in [1.29, 1.82) is 0 Å². The van der Waals surface area contributed by atoms with Crippen LogP contribution >= 0.6 is 0 Å². The molecule has 0 unspecified atom stereocenters. The lowest BCUT2D eigenvalue weighted by Crippen LogP contribution is -2.47. The maximum atomic E-state index is 12.0. The number of carbonyl (C=O) groups is 4. The van der Waals surface area contributed by atoms with E-state index in [9.17, 15) is 19.2 Å². The molecule has 0 spiro atoms. The topological polar surface area (TPSA) is 114 Å². The molecule has 0 saturated carbocycles. The minimum atomic E-state index is -0.151. The molecule has 1 saturated heterocycles. The van der Waals surface area contributed by atoms with Gasteiger partial charge in [0.15, 0.2) is 0 Å². The number of rotatable bonds is 14. The third-order valence-corrected chi connectivity index (χ3v) is 4.75. The third kappa shape index (κ3) is 9.27. The molecule has 1 aromatic carbocycles. The zero-order chi connectivity index (χ0) is 22.5. The number of nitrogens with zero attached hydrogens (tertiary/aromatic N) is 1. The number of β-lactam (4-membered cyclic amide) rings is 1. The first kappa shape index (κ1) is 24.5. The second-order valence-electron chi connectivity index (χ2n) is 7.11. The van der Waals surface area contributed by atoms with Crippen molar-refractivity contribution in [3.8, 4) is 0 Å². The van der Waals surface area contributed by atoms with E-state index in [0.717, 1.165) is 5.56 Å². The molecule has 0 aliphatic carbocycles. The average Bonchev–Trinajstić information content (AvgIpc) is 2.76. The van der Waals surface area contributed by atoms with Gasteiger partial charge in [-0.1, -0.05) is 19.1 Å². The molecule has 9 nitrogen and oxygen atoms in total. The number of anilines is 1. The summed E-state index contributed by atoms with van der Waals surface area (Å²) in [4.78, 5) is 47.5. The monoisotopic (exact) mass is 433 g/mol. The molecular formula is C22H31N3O6. The molecule has 1 aliphatic rings. The first-order valence-electron chi connectivity index (χ1n) is 10.6. The molecule has 0 aromatic heterocycles. The summed E-state index contributed by atoms with van der Waals surface area (Å²) >= 11 is 0. The van der Waals surface area contributed by atoms with Crippen molar-refractivity contribution in [2.45, 2.75) is 39.0 Å². The van der Waals surface area contributed by atoms with Gasteiger partial charge in [-0.15, -0.1) is 0 Å². The summed E-state index contributed by atoms with van der Waals surface area (Å²) < 4.78 is 10.7. The summed E-state index contributed by atoms with van der Waals surface area (Å²) in [6, 6.07) is 7.30. The molecule has 0 bridgehead atoms. The van der Waals surface area contributed by atoms with E-state index in [1.807, 2.05) is 12.1 Å². The highest BCUT2D eigenvalue weighted by Gasteiger charge is 2.29. The number of nitrogens with one attached hydrogen (secondary N) is 2. The first-order chi connectivity index (χ1) is 15.0. The Hall–Kier alpha value is -2.78.